The van der Waals surface area contributed by atoms with Gasteiger partial charge in [-0.2, -0.15) is 0 Å². The van der Waals surface area contributed by atoms with Crippen LogP contribution in [0, 0.1) is 0 Å². The number of carbonyl (C=O) groups is 1. The van der Waals surface area contributed by atoms with Crippen molar-refractivity contribution in [2.75, 3.05) is 14.1 Å². The molecule has 0 aliphatic heterocycles. The van der Waals surface area contributed by atoms with Crippen LogP contribution in [0.4, 0.5) is 4.79 Å². The van der Waals surface area contributed by atoms with Crippen LogP contribution in [0.15, 0.2) is 0 Å². The van der Waals surface area contributed by atoms with Crippen LogP contribution in [0.3, 0.4) is 0 Å². The number of carbonyl (C=O) groups excluding carboxylic acids is 1. The Labute approximate surface area is 55.0 Å². The van der Waals surface area contributed by atoms with Gasteiger partial charge in [0, 0.05) is 14.1 Å². The summed E-state index contributed by atoms with van der Waals surface area (Å²) in [6.45, 7) is 0. The van der Waals surface area contributed by atoms with Gasteiger partial charge in [0.05, 0.1) is 0 Å². The predicted octanol–water partition coefficient (Wildman–Crippen LogP) is 0.129. The van der Waals surface area contributed by atoms with Crippen LogP contribution in [0.5, 0.6) is 0 Å². The van der Waals surface area contributed by atoms with E-state index in [1.54, 1.807) is 14.1 Å². The summed E-state index contributed by atoms with van der Waals surface area (Å²) in [6, 6.07) is -0.157. The van der Waals surface area contributed by atoms with Gasteiger partial charge in [-0.1, -0.05) is 0 Å². The zero-order valence-electron chi connectivity index (χ0n) is 5.02. The van der Waals surface area contributed by atoms with E-state index in [0.29, 0.717) is 0 Å². The number of rotatable bonds is 0. The molecule has 0 aliphatic rings. The fraction of sp³-hybridized carbons (Fsp3) is 0.667. The van der Waals surface area contributed by atoms with Gasteiger partial charge >= 0.3 is 6.03 Å². The number of hydrogen-bond acceptors (Lipinski definition) is 2. The average molecular weight is 142 g/mol. The van der Waals surface area contributed by atoms with Crippen LogP contribution in [0.2, 0.25) is 0 Å². The Morgan fingerprint density at radius 1 is 1.25 bits per heavy atom. The Morgan fingerprint density at radius 2 is 1.50 bits per heavy atom. The van der Waals surface area contributed by atoms with Gasteiger partial charge in [-0.25, -0.2) is 4.79 Å². The minimum Gasteiger partial charge on any atom is -0.344 e. The maximum absolute atomic E-state index is 9.96. The molecule has 0 rings (SSSR count). The van der Waals surface area contributed by atoms with Crippen LogP contribution in [-0.2, 0) is 0 Å². The molecular weight excluding hydrogens is 130 g/mol. The second-order valence-electron chi connectivity index (χ2n) is 0.829. The van der Waals surface area contributed by atoms with Gasteiger partial charge in [-0.15, -0.1) is 12.4 Å². The van der Waals surface area contributed by atoms with E-state index in [9.17, 15) is 4.79 Å². The maximum Gasteiger partial charge on any atom is 0.314 e. The minimum atomic E-state index is -0.157. The third-order valence-electron chi connectivity index (χ3n) is 0.454. The predicted molar refractivity (Wildman–Crippen MR) is 35.8 cm³/mol. The highest BCUT2D eigenvalue weighted by atomic mass is 35.5. The molecule has 0 saturated heterocycles. The highest BCUT2D eigenvalue weighted by Crippen LogP contribution is 1.48. The summed E-state index contributed by atoms with van der Waals surface area (Å²) in [5.74, 6) is 0. The minimum absolute atomic E-state index is 0. The maximum atomic E-state index is 9.96. The normalized spacial score (nSPS) is 5.25. The summed E-state index contributed by atoms with van der Waals surface area (Å²) >= 11 is 0. The Hall–Kier alpha value is -0.480. The molecule has 0 fully saturated rings. The molecule has 0 saturated carbocycles. The molecule has 0 aromatic rings. The van der Waals surface area contributed by atoms with Gasteiger partial charge in [0.1, 0.15) is 0 Å². The zero-order valence-corrected chi connectivity index (χ0v) is 5.84. The van der Waals surface area contributed by atoms with Crippen LogP contribution in [0.25, 0.3) is 0 Å². The molecule has 0 heterocycles. The number of nitrogens with one attached hydrogen (secondary N) is 2. The lowest BCUT2D eigenvalue weighted by molar-refractivity contribution is 0.245. The van der Waals surface area contributed by atoms with Gasteiger partial charge in [-0.05, 0) is 0 Å². The molecule has 0 atom stereocenters. The zero-order chi connectivity index (χ0) is 4.99. The molecule has 0 unspecified atom stereocenters. The quantitative estimate of drug-likeness (QED) is 0.449. The van der Waals surface area contributed by atoms with E-state index < -0.39 is 0 Å². The second-order valence-corrected chi connectivity index (χ2v) is 0.829. The lowest BCUT2D eigenvalue weighted by Gasteiger charge is -1.91. The van der Waals surface area contributed by atoms with Crippen molar-refractivity contribution in [1.29, 1.82) is 0 Å². The molecule has 0 aliphatic carbocycles. The van der Waals surface area contributed by atoms with Crippen molar-refractivity contribution in [3.05, 3.63) is 0 Å². The third-order valence-corrected chi connectivity index (χ3v) is 0.454. The van der Waals surface area contributed by atoms with E-state index in [2.05, 4.69) is 10.6 Å². The molecule has 0 radical (unpaired) electrons. The van der Waals surface area contributed by atoms with Crippen LogP contribution >= 0.6 is 12.4 Å². The van der Waals surface area contributed by atoms with Crippen molar-refractivity contribution in [2.45, 2.75) is 0 Å². The Balaban J connectivity index is -0.000000125. The Bertz CT molecular complexity index is 52.5. The van der Waals surface area contributed by atoms with Gasteiger partial charge in [-0.3, -0.25) is 0 Å². The van der Waals surface area contributed by atoms with Crippen LogP contribution < -0.4 is 16.8 Å². The van der Waals surface area contributed by atoms with Gasteiger partial charge < -0.3 is 16.8 Å². The largest absolute Gasteiger partial charge is 0.344 e. The first-order chi connectivity index (χ1) is 2.81. The first kappa shape index (κ1) is 15.6. The van der Waals surface area contributed by atoms with Crippen molar-refractivity contribution in [3.63, 3.8) is 0 Å². The first-order valence-corrected chi connectivity index (χ1v) is 1.70. The molecule has 2 amide bonds. The van der Waals surface area contributed by atoms with E-state index >= 15 is 0 Å². The Kier molecular flexibility index (Phi) is 19.0. The van der Waals surface area contributed by atoms with E-state index in [-0.39, 0.29) is 24.6 Å². The van der Waals surface area contributed by atoms with Crippen LogP contribution in [-0.4, -0.2) is 20.1 Å². The Morgan fingerprint density at radius 3 is 1.50 bits per heavy atom. The molecule has 0 spiro atoms. The molecule has 0 bridgehead atoms. The van der Waals surface area contributed by atoms with Crippen molar-refractivity contribution >= 4 is 18.4 Å². The second kappa shape index (κ2) is 9.72. The van der Waals surface area contributed by atoms with E-state index in [1.165, 1.54) is 0 Å². The lowest BCUT2D eigenvalue weighted by Crippen LogP contribution is -2.28. The summed E-state index contributed by atoms with van der Waals surface area (Å²) < 4.78 is 0. The van der Waals surface area contributed by atoms with Crippen LogP contribution in [0.1, 0.15) is 0 Å². The summed E-state index contributed by atoms with van der Waals surface area (Å²) in [4.78, 5) is 9.96. The van der Waals surface area contributed by atoms with Crippen molar-refractivity contribution < 1.29 is 4.79 Å². The molecule has 4 nitrogen and oxygen atoms in total. The molecule has 0 aromatic heterocycles. The number of halogens is 1. The standard InChI is InChI=1S/C3H8N2O.ClH.H3N/c1-4-3(6)5-2;;/h1-2H3,(H2,4,5,6);1H;1H3. The molecule has 5 N–H and O–H groups in total. The lowest BCUT2D eigenvalue weighted by atomic mass is 11.0. The van der Waals surface area contributed by atoms with Gasteiger partial charge in [0.25, 0.3) is 0 Å². The first-order valence-electron chi connectivity index (χ1n) is 1.70. The summed E-state index contributed by atoms with van der Waals surface area (Å²) in [5, 5.41) is 4.73. The molecule has 8 heavy (non-hydrogen) atoms. The monoisotopic (exact) mass is 141 g/mol. The molecule has 0 aromatic carbocycles. The summed E-state index contributed by atoms with van der Waals surface area (Å²) in [7, 11) is 3.14. The highest BCUT2D eigenvalue weighted by Gasteiger charge is 1.81. The fourth-order valence-electron chi connectivity index (χ4n) is 0.125. The van der Waals surface area contributed by atoms with Gasteiger partial charge in [0.2, 0.25) is 0 Å². The molecule has 52 valence electrons. The van der Waals surface area contributed by atoms with Crippen molar-refractivity contribution in [3.8, 4) is 0 Å². The average Bonchev–Trinajstić information content (AvgIpc) is 1.65. The SMILES string of the molecule is CNC(=O)NC.Cl.N. The van der Waals surface area contributed by atoms with E-state index in [0.717, 1.165) is 0 Å². The number of hydrogen-bond donors (Lipinski definition) is 3. The topological polar surface area (TPSA) is 76.1 Å². The third kappa shape index (κ3) is 9.10. The summed E-state index contributed by atoms with van der Waals surface area (Å²) in [6.07, 6.45) is 0. The van der Waals surface area contributed by atoms with Crippen molar-refractivity contribution in [2.24, 2.45) is 0 Å². The van der Waals surface area contributed by atoms with E-state index in [4.69, 9.17) is 0 Å². The molecule has 5 heteroatoms. The number of amides is 2. The van der Waals surface area contributed by atoms with E-state index in [1.807, 2.05) is 0 Å². The molecular formula is C3H12ClN3O. The number of urea groups is 1. The summed E-state index contributed by atoms with van der Waals surface area (Å²) in [5.41, 5.74) is 0. The van der Waals surface area contributed by atoms with Crippen molar-refractivity contribution in [1.82, 2.24) is 16.8 Å². The fourth-order valence-corrected chi connectivity index (χ4v) is 0.125. The highest BCUT2D eigenvalue weighted by molar-refractivity contribution is 5.85. The smallest absolute Gasteiger partial charge is 0.314 e. The van der Waals surface area contributed by atoms with Gasteiger partial charge in [0.15, 0.2) is 0 Å².